The van der Waals surface area contributed by atoms with Crippen molar-refractivity contribution in [2.75, 3.05) is 40.1 Å². The maximum Gasteiger partial charge on any atom is 0.505 e. The van der Waals surface area contributed by atoms with E-state index >= 15 is 0 Å². The van der Waals surface area contributed by atoms with Gasteiger partial charge in [0.05, 0.1) is 45.7 Å². The van der Waals surface area contributed by atoms with Crippen LogP contribution in [0.15, 0.2) is 17.7 Å². The van der Waals surface area contributed by atoms with E-state index in [1.54, 1.807) is 12.1 Å². The van der Waals surface area contributed by atoms with Crippen LogP contribution in [0.1, 0.15) is 30.4 Å². The smallest absolute Gasteiger partial charge is 0.496 e. The van der Waals surface area contributed by atoms with E-state index in [2.05, 4.69) is 5.32 Å². The van der Waals surface area contributed by atoms with Gasteiger partial charge in [0.15, 0.2) is 5.79 Å². The molecule has 0 atom stereocenters. The van der Waals surface area contributed by atoms with Gasteiger partial charge in [-0.2, -0.15) is 0 Å². The quantitative estimate of drug-likeness (QED) is 0.635. The molecule has 1 aromatic rings. The van der Waals surface area contributed by atoms with Gasteiger partial charge >= 0.3 is 6.16 Å². The van der Waals surface area contributed by atoms with E-state index in [9.17, 15) is 9.59 Å². The van der Waals surface area contributed by atoms with Gasteiger partial charge in [-0.15, -0.1) is 0 Å². The van der Waals surface area contributed by atoms with Crippen LogP contribution in [0.5, 0.6) is 5.75 Å². The lowest BCUT2D eigenvalue weighted by Crippen LogP contribution is -2.61. The molecule has 2 saturated heterocycles. The van der Waals surface area contributed by atoms with E-state index in [1.165, 1.54) is 7.11 Å². The van der Waals surface area contributed by atoms with Crippen molar-refractivity contribution >= 4 is 29.2 Å². The first-order chi connectivity index (χ1) is 15.3. The van der Waals surface area contributed by atoms with Crippen LogP contribution in [0.25, 0.3) is 5.57 Å². The highest BCUT2D eigenvalue weighted by Gasteiger charge is 2.53. The number of halogens is 1. The fraction of sp³-hybridized carbons (Fsp3) is 0.545. The molecule has 0 bridgehead atoms. The van der Waals surface area contributed by atoms with E-state index in [0.29, 0.717) is 53.5 Å². The predicted octanol–water partition coefficient (Wildman–Crippen LogP) is 2.92. The van der Waals surface area contributed by atoms with Crippen LogP contribution >= 0.6 is 11.6 Å². The van der Waals surface area contributed by atoms with Gasteiger partial charge in [-0.25, -0.2) is 4.79 Å². The summed E-state index contributed by atoms with van der Waals surface area (Å²) < 4.78 is 28.1. The van der Waals surface area contributed by atoms with E-state index < -0.39 is 17.5 Å². The van der Waals surface area contributed by atoms with Crippen LogP contribution in [0.2, 0.25) is 5.02 Å². The second-order valence-corrected chi connectivity index (χ2v) is 8.59. The number of carboxylic acid groups (broad SMARTS) is 1. The lowest BCUT2D eigenvalue weighted by molar-refractivity contribution is -0.308. The van der Waals surface area contributed by atoms with Crippen molar-refractivity contribution in [2.45, 2.75) is 37.5 Å². The minimum absolute atomic E-state index is 0.112. The van der Waals surface area contributed by atoms with Gasteiger partial charge in [0.1, 0.15) is 11.3 Å². The maximum absolute atomic E-state index is 13.3. The number of methoxy groups -OCH3 is 1. The Balaban J connectivity index is 1.75. The van der Waals surface area contributed by atoms with Gasteiger partial charge in [0.2, 0.25) is 0 Å². The summed E-state index contributed by atoms with van der Waals surface area (Å²) in [6.07, 6.45) is 0.0229. The highest BCUT2D eigenvalue weighted by molar-refractivity contribution is 6.31. The van der Waals surface area contributed by atoms with Crippen LogP contribution in [-0.2, 0) is 23.7 Å². The van der Waals surface area contributed by atoms with Crippen molar-refractivity contribution < 1.29 is 38.4 Å². The largest absolute Gasteiger partial charge is 0.505 e. The highest BCUT2D eigenvalue weighted by Crippen LogP contribution is 2.45. The summed E-state index contributed by atoms with van der Waals surface area (Å²) in [4.78, 5) is 24.2. The molecule has 0 saturated carbocycles. The van der Waals surface area contributed by atoms with Crippen molar-refractivity contribution in [1.29, 1.82) is 0 Å². The summed E-state index contributed by atoms with van der Waals surface area (Å²) in [5.41, 5.74) is 1.48. The number of ether oxygens (including phenoxy) is 5. The van der Waals surface area contributed by atoms with E-state index in [4.69, 9.17) is 40.4 Å². The Morgan fingerprint density at radius 1 is 1.25 bits per heavy atom. The summed E-state index contributed by atoms with van der Waals surface area (Å²) in [6, 6.07) is 3.40. The molecule has 32 heavy (non-hydrogen) atoms. The molecule has 0 aromatic heterocycles. The third-order valence-corrected chi connectivity index (χ3v) is 6.41. The van der Waals surface area contributed by atoms with Gasteiger partial charge in [0, 0.05) is 29.8 Å². The molecule has 10 heteroatoms. The summed E-state index contributed by atoms with van der Waals surface area (Å²) in [7, 11) is 1.51. The second-order valence-electron chi connectivity index (χ2n) is 8.15. The van der Waals surface area contributed by atoms with Crippen LogP contribution in [0.4, 0.5) is 4.79 Å². The summed E-state index contributed by atoms with van der Waals surface area (Å²) in [6.45, 7) is 3.20. The molecule has 3 aliphatic heterocycles. The van der Waals surface area contributed by atoms with Gasteiger partial charge < -0.3 is 34.1 Å². The van der Waals surface area contributed by atoms with Crippen LogP contribution in [-0.4, -0.2) is 68.6 Å². The fourth-order valence-corrected chi connectivity index (χ4v) is 4.87. The molecule has 3 heterocycles. The van der Waals surface area contributed by atoms with Crippen LogP contribution in [0, 0.1) is 6.92 Å². The summed E-state index contributed by atoms with van der Waals surface area (Å²) in [5, 5.41) is 12.5. The predicted molar refractivity (Wildman–Crippen MR) is 114 cm³/mol. The molecule has 1 aromatic carbocycles. The molecule has 2 N–H and O–H groups in total. The number of hydrogen-bond acceptors (Lipinski definition) is 7. The van der Waals surface area contributed by atoms with Crippen molar-refractivity contribution in [2.24, 2.45) is 0 Å². The lowest BCUT2D eigenvalue weighted by atomic mass is 9.85. The van der Waals surface area contributed by atoms with Crippen LogP contribution in [0.3, 0.4) is 0 Å². The minimum Gasteiger partial charge on any atom is -0.496 e. The molecule has 9 nitrogen and oxygen atoms in total. The monoisotopic (exact) mass is 467 g/mol. The first-order valence-corrected chi connectivity index (χ1v) is 10.8. The fourth-order valence-electron chi connectivity index (χ4n) is 4.60. The summed E-state index contributed by atoms with van der Waals surface area (Å²) in [5.74, 6) is -0.588. The van der Waals surface area contributed by atoms with Gasteiger partial charge in [0.25, 0.3) is 5.91 Å². The zero-order chi connectivity index (χ0) is 22.9. The topological polar surface area (TPSA) is 113 Å². The number of hydrogen-bond donors (Lipinski definition) is 2. The SMILES string of the molecule is COc1cc(Cl)cc(C)c1C1=C(CCOC(=O)O)C2(COC3(CCOCC3)OC2)NC1=O. The molecular formula is C22H26ClNO8. The van der Waals surface area contributed by atoms with E-state index in [0.717, 1.165) is 5.56 Å². The Kier molecular flexibility index (Phi) is 6.35. The minimum atomic E-state index is -1.38. The molecule has 0 unspecified atom stereocenters. The molecule has 0 aliphatic carbocycles. The summed E-state index contributed by atoms with van der Waals surface area (Å²) >= 11 is 6.19. The third kappa shape index (κ3) is 4.17. The standard InChI is InChI=1S/C22H26ClNO8/c1-13-9-14(23)10-16(28-2)17(13)18-15(3-6-30-20(26)27)21(24-19(18)25)11-31-22(32-12-21)4-7-29-8-5-22/h9-10H,3-8,11-12H2,1-2H3,(H,24,25)(H,26,27). The number of carbonyl (C=O) groups excluding carboxylic acids is 1. The molecule has 174 valence electrons. The Morgan fingerprint density at radius 3 is 2.56 bits per heavy atom. The lowest BCUT2D eigenvalue weighted by Gasteiger charge is -2.47. The Labute approximate surface area is 190 Å². The normalized spacial score (nSPS) is 21.7. The van der Waals surface area contributed by atoms with Gasteiger partial charge in [-0.3, -0.25) is 4.79 Å². The second kappa shape index (κ2) is 8.90. The molecule has 0 radical (unpaired) electrons. The maximum atomic E-state index is 13.3. The molecule has 1 amide bonds. The molecule has 4 rings (SSSR count). The van der Waals surface area contributed by atoms with E-state index in [1.807, 2.05) is 6.92 Å². The van der Waals surface area contributed by atoms with Gasteiger partial charge in [-0.1, -0.05) is 11.6 Å². The molecule has 3 aliphatic rings. The number of carbonyl (C=O) groups is 2. The first kappa shape index (κ1) is 22.8. The molecule has 2 spiro atoms. The van der Waals surface area contributed by atoms with Gasteiger partial charge in [-0.05, 0) is 30.2 Å². The average Bonchev–Trinajstić information content (AvgIpc) is 3.01. The Hall–Kier alpha value is -2.33. The van der Waals surface area contributed by atoms with E-state index in [-0.39, 0.29) is 32.1 Å². The van der Waals surface area contributed by atoms with Crippen molar-refractivity contribution in [3.63, 3.8) is 0 Å². The Morgan fingerprint density at radius 2 is 1.94 bits per heavy atom. The average molecular weight is 468 g/mol. The number of amides is 1. The van der Waals surface area contributed by atoms with Crippen molar-refractivity contribution in [1.82, 2.24) is 5.32 Å². The Bertz CT molecular complexity index is 943. The number of rotatable bonds is 5. The first-order valence-electron chi connectivity index (χ1n) is 10.4. The molecular weight excluding hydrogens is 442 g/mol. The number of benzene rings is 1. The third-order valence-electron chi connectivity index (χ3n) is 6.19. The zero-order valence-corrected chi connectivity index (χ0v) is 18.8. The molecule has 2 fully saturated rings. The number of nitrogens with one attached hydrogen (secondary N) is 1. The van der Waals surface area contributed by atoms with Crippen LogP contribution < -0.4 is 10.1 Å². The number of aryl methyl sites for hydroxylation is 1. The van der Waals surface area contributed by atoms with Crippen molar-refractivity contribution in [3.8, 4) is 5.75 Å². The highest BCUT2D eigenvalue weighted by atomic mass is 35.5. The zero-order valence-electron chi connectivity index (χ0n) is 18.0. The van der Waals surface area contributed by atoms with Crippen molar-refractivity contribution in [3.05, 3.63) is 33.9 Å².